The number of aromatic nitrogens is 2. The molecule has 0 saturated heterocycles. The minimum absolute atomic E-state index is 0.525. The summed E-state index contributed by atoms with van der Waals surface area (Å²) >= 11 is 0. The van der Waals surface area contributed by atoms with Gasteiger partial charge in [-0.1, -0.05) is 0 Å². The van der Waals surface area contributed by atoms with Crippen LogP contribution in [0.2, 0.25) is 0 Å². The molecule has 0 amide bonds. The van der Waals surface area contributed by atoms with Crippen molar-refractivity contribution in [3.05, 3.63) is 11.9 Å². The molecule has 0 aromatic carbocycles. The van der Waals surface area contributed by atoms with E-state index in [1.165, 1.54) is 12.8 Å². The zero-order valence-electron chi connectivity index (χ0n) is 11.4. The third-order valence-electron chi connectivity index (χ3n) is 3.93. The molecule has 1 aromatic heterocycles. The van der Waals surface area contributed by atoms with Crippen molar-refractivity contribution in [3.8, 4) is 0 Å². The second-order valence-electron chi connectivity index (χ2n) is 5.73. The summed E-state index contributed by atoms with van der Waals surface area (Å²) in [6.45, 7) is 3.49. The van der Waals surface area contributed by atoms with Crippen LogP contribution in [0.25, 0.3) is 0 Å². The van der Waals surface area contributed by atoms with E-state index in [0.29, 0.717) is 12.5 Å². The van der Waals surface area contributed by atoms with Crippen LogP contribution in [0, 0.1) is 0 Å². The van der Waals surface area contributed by atoms with Crippen LogP contribution in [0.4, 0.5) is 11.6 Å². The summed E-state index contributed by atoms with van der Waals surface area (Å²) in [4.78, 5) is 9.10. The zero-order valence-corrected chi connectivity index (χ0v) is 11.4. The summed E-state index contributed by atoms with van der Waals surface area (Å²) in [6, 6.07) is 1.93. The number of hydrogen-bond acceptors (Lipinski definition) is 5. The van der Waals surface area contributed by atoms with E-state index in [9.17, 15) is 5.11 Å². The van der Waals surface area contributed by atoms with Crippen molar-refractivity contribution in [2.24, 2.45) is 0 Å². The topological polar surface area (TPSA) is 70.1 Å². The van der Waals surface area contributed by atoms with Gasteiger partial charge in [-0.2, -0.15) is 0 Å². The molecule has 2 aliphatic carbocycles. The predicted molar refractivity (Wildman–Crippen MR) is 75.5 cm³/mol. The molecule has 104 valence electrons. The third kappa shape index (κ3) is 2.97. The molecule has 1 heterocycles. The first-order valence-electron chi connectivity index (χ1n) is 7.28. The fourth-order valence-corrected chi connectivity index (χ4v) is 2.37. The molecular formula is C14H22N4O. The van der Waals surface area contributed by atoms with E-state index >= 15 is 0 Å². The summed E-state index contributed by atoms with van der Waals surface area (Å²) < 4.78 is 0. The summed E-state index contributed by atoms with van der Waals surface area (Å²) in [5.41, 5.74) is -0.525. The molecule has 5 nitrogen and oxygen atoms in total. The fraction of sp³-hybridized carbons (Fsp3) is 0.714. The van der Waals surface area contributed by atoms with Crippen molar-refractivity contribution in [1.82, 2.24) is 9.97 Å². The normalized spacial score (nSPS) is 20.7. The summed E-state index contributed by atoms with van der Waals surface area (Å²) in [6.07, 6.45) is 5.29. The van der Waals surface area contributed by atoms with Gasteiger partial charge in [-0.15, -0.1) is 0 Å². The lowest BCUT2D eigenvalue weighted by molar-refractivity contribution is -0.0202. The highest BCUT2D eigenvalue weighted by atomic mass is 16.3. The molecule has 19 heavy (non-hydrogen) atoms. The monoisotopic (exact) mass is 262 g/mol. The Balaban J connectivity index is 1.71. The van der Waals surface area contributed by atoms with Crippen LogP contribution in [-0.2, 0) is 0 Å². The highest BCUT2D eigenvalue weighted by Gasteiger charge is 2.34. The van der Waals surface area contributed by atoms with Crippen molar-refractivity contribution < 1.29 is 5.11 Å². The van der Waals surface area contributed by atoms with Gasteiger partial charge in [0.05, 0.1) is 5.60 Å². The van der Waals surface area contributed by atoms with Crippen LogP contribution >= 0.6 is 0 Å². The number of nitrogens with zero attached hydrogens (tertiary/aromatic N) is 2. The lowest BCUT2D eigenvalue weighted by atomic mass is 9.80. The Labute approximate surface area is 113 Å². The molecule has 0 atom stereocenters. The first-order chi connectivity index (χ1) is 9.18. The predicted octanol–water partition coefficient (Wildman–Crippen LogP) is 2.11. The standard InChI is InChI=1S/C14H22N4O/c1-2-15-11-8-12(16-9-14(19)6-3-7-14)18-13(17-11)10-4-5-10/h8,10,19H,2-7,9H2,1H3,(H2,15,16,17,18). The maximum Gasteiger partial charge on any atom is 0.136 e. The van der Waals surface area contributed by atoms with Crippen molar-refractivity contribution in [1.29, 1.82) is 0 Å². The van der Waals surface area contributed by atoms with Gasteiger partial charge in [0.25, 0.3) is 0 Å². The van der Waals surface area contributed by atoms with Gasteiger partial charge >= 0.3 is 0 Å². The number of nitrogens with one attached hydrogen (secondary N) is 2. The van der Waals surface area contributed by atoms with Crippen LogP contribution in [0.1, 0.15) is 50.8 Å². The van der Waals surface area contributed by atoms with Gasteiger partial charge in [0, 0.05) is 25.1 Å². The van der Waals surface area contributed by atoms with E-state index in [-0.39, 0.29) is 0 Å². The zero-order chi connectivity index (χ0) is 13.3. The maximum absolute atomic E-state index is 10.1. The maximum atomic E-state index is 10.1. The van der Waals surface area contributed by atoms with E-state index in [4.69, 9.17) is 0 Å². The Kier molecular flexibility index (Phi) is 3.31. The summed E-state index contributed by atoms with van der Waals surface area (Å²) in [5, 5.41) is 16.6. The van der Waals surface area contributed by atoms with Gasteiger partial charge in [-0.25, -0.2) is 9.97 Å². The molecule has 0 spiro atoms. The lowest BCUT2D eigenvalue weighted by Gasteiger charge is -2.36. The molecule has 2 saturated carbocycles. The fourth-order valence-electron chi connectivity index (χ4n) is 2.37. The van der Waals surface area contributed by atoms with Crippen molar-refractivity contribution in [2.45, 2.75) is 50.5 Å². The number of hydrogen-bond donors (Lipinski definition) is 3. The molecule has 0 radical (unpaired) electrons. The van der Waals surface area contributed by atoms with Gasteiger partial charge in [-0.05, 0) is 39.0 Å². The molecule has 2 fully saturated rings. The highest BCUT2D eigenvalue weighted by Crippen LogP contribution is 2.39. The van der Waals surface area contributed by atoms with Crippen molar-refractivity contribution in [2.75, 3.05) is 23.7 Å². The van der Waals surface area contributed by atoms with Crippen LogP contribution in [0.3, 0.4) is 0 Å². The highest BCUT2D eigenvalue weighted by molar-refractivity contribution is 5.48. The van der Waals surface area contributed by atoms with E-state index in [1.54, 1.807) is 0 Å². The molecule has 0 unspecified atom stereocenters. The molecule has 2 aliphatic rings. The first kappa shape index (κ1) is 12.7. The Hall–Kier alpha value is -1.36. The van der Waals surface area contributed by atoms with Crippen LogP contribution < -0.4 is 10.6 Å². The van der Waals surface area contributed by atoms with Gasteiger partial charge in [0.2, 0.25) is 0 Å². The average molecular weight is 262 g/mol. The number of aliphatic hydroxyl groups is 1. The smallest absolute Gasteiger partial charge is 0.136 e. The Morgan fingerprint density at radius 1 is 1.26 bits per heavy atom. The third-order valence-corrected chi connectivity index (χ3v) is 3.93. The number of rotatable bonds is 6. The first-order valence-corrected chi connectivity index (χ1v) is 7.28. The molecule has 1 aromatic rings. The molecular weight excluding hydrogens is 240 g/mol. The molecule has 3 N–H and O–H groups in total. The second-order valence-corrected chi connectivity index (χ2v) is 5.73. The quantitative estimate of drug-likeness (QED) is 0.732. The van der Waals surface area contributed by atoms with E-state index in [1.807, 2.05) is 6.07 Å². The van der Waals surface area contributed by atoms with Gasteiger partial charge < -0.3 is 15.7 Å². The minimum Gasteiger partial charge on any atom is -0.388 e. The van der Waals surface area contributed by atoms with E-state index in [2.05, 4.69) is 27.5 Å². The lowest BCUT2D eigenvalue weighted by Crippen LogP contribution is -2.43. The second kappa shape index (κ2) is 4.96. The van der Waals surface area contributed by atoms with Crippen LogP contribution in [0.15, 0.2) is 6.07 Å². The van der Waals surface area contributed by atoms with E-state index < -0.39 is 5.60 Å². The summed E-state index contributed by atoms with van der Waals surface area (Å²) in [7, 11) is 0. The molecule has 5 heteroatoms. The minimum atomic E-state index is -0.525. The molecule has 0 bridgehead atoms. The SMILES string of the molecule is CCNc1cc(NCC2(O)CCC2)nc(C2CC2)n1. The Bertz CT molecular complexity index is 455. The largest absolute Gasteiger partial charge is 0.388 e. The molecule has 0 aliphatic heterocycles. The molecule has 3 rings (SSSR count). The van der Waals surface area contributed by atoms with Gasteiger partial charge in [0.1, 0.15) is 17.5 Å². The average Bonchev–Trinajstić information content (AvgIpc) is 3.18. The van der Waals surface area contributed by atoms with Crippen molar-refractivity contribution in [3.63, 3.8) is 0 Å². The summed E-state index contributed by atoms with van der Waals surface area (Å²) in [5.74, 6) is 3.17. The van der Waals surface area contributed by atoms with Gasteiger partial charge in [-0.3, -0.25) is 0 Å². The van der Waals surface area contributed by atoms with Gasteiger partial charge in [0.15, 0.2) is 0 Å². The number of anilines is 2. The van der Waals surface area contributed by atoms with Crippen LogP contribution in [-0.4, -0.2) is 33.8 Å². The Morgan fingerprint density at radius 2 is 1.95 bits per heavy atom. The Morgan fingerprint density at radius 3 is 2.47 bits per heavy atom. The van der Waals surface area contributed by atoms with E-state index in [0.717, 1.165) is 43.3 Å². The van der Waals surface area contributed by atoms with Crippen molar-refractivity contribution >= 4 is 11.6 Å². The van der Waals surface area contributed by atoms with Crippen LogP contribution in [0.5, 0.6) is 0 Å².